The molecule has 2 aliphatic rings. The minimum Gasteiger partial charge on any atom is -0.341 e. The van der Waals surface area contributed by atoms with Crippen molar-refractivity contribution in [1.82, 2.24) is 14.9 Å². The molecule has 0 N–H and O–H groups in total. The number of carbonyl (C=O) groups is 1. The van der Waals surface area contributed by atoms with Crippen molar-refractivity contribution in [1.29, 1.82) is 0 Å². The number of likely N-dealkylation sites (tertiary alicyclic amines) is 1. The third-order valence-electron chi connectivity index (χ3n) is 5.63. The topological polar surface area (TPSA) is 49.3 Å². The van der Waals surface area contributed by atoms with Crippen LogP contribution in [0.15, 0.2) is 48.8 Å². The van der Waals surface area contributed by atoms with Crippen LogP contribution in [0.1, 0.15) is 36.0 Å². The second kappa shape index (κ2) is 6.82. The van der Waals surface area contributed by atoms with Gasteiger partial charge in [-0.2, -0.15) is 0 Å². The Morgan fingerprint density at radius 2 is 1.64 bits per heavy atom. The zero-order valence-corrected chi connectivity index (χ0v) is 14.5. The highest BCUT2D eigenvalue weighted by atomic mass is 16.2. The van der Waals surface area contributed by atoms with Crippen molar-refractivity contribution in [3.05, 3.63) is 54.4 Å². The number of anilines is 1. The second-order valence-electron chi connectivity index (χ2n) is 7.23. The van der Waals surface area contributed by atoms with Crippen LogP contribution < -0.4 is 4.90 Å². The molecule has 0 atom stereocenters. The summed E-state index contributed by atoms with van der Waals surface area (Å²) in [6.45, 7) is 3.69. The summed E-state index contributed by atoms with van der Waals surface area (Å²) in [5.74, 6) is 0.999. The molecule has 5 nitrogen and oxygen atoms in total. The van der Waals surface area contributed by atoms with Crippen LogP contribution in [0.2, 0.25) is 0 Å². The summed E-state index contributed by atoms with van der Waals surface area (Å²) in [6, 6.07) is 11.5. The average Bonchev–Trinajstić information content (AvgIpc) is 2.69. The zero-order valence-electron chi connectivity index (χ0n) is 14.5. The van der Waals surface area contributed by atoms with Crippen molar-refractivity contribution < 1.29 is 4.79 Å². The fourth-order valence-corrected chi connectivity index (χ4v) is 4.19. The van der Waals surface area contributed by atoms with Crippen molar-refractivity contribution in [2.45, 2.75) is 25.7 Å². The molecule has 5 heteroatoms. The first-order valence-corrected chi connectivity index (χ1v) is 9.12. The van der Waals surface area contributed by atoms with Crippen LogP contribution in [-0.4, -0.2) is 47.0 Å². The Morgan fingerprint density at radius 3 is 2.36 bits per heavy atom. The number of amides is 1. The molecule has 2 aromatic rings. The summed E-state index contributed by atoms with van der Waals surface area (Å²) < 4.78 is 0. The number of carbonyl (C=O) groups excluding carboxylic acids is 1. The Bertz CT molecular complexity index is 711. The fraction of sp³-hybridized carbons (Fsp3) is 0.450. The normalized spacial score (nSPS) is 19.8. The Hall–Kier alpha value is -2.43. The van der Waals surface area contributed by atoms with Gasteiger partial charge in [-0.1, -0.05) is 18.2 Å². The van der Waals surface area contributed by atoms with Crippen LogP contribution >= 0.6 is 0 Å². The van der Waals surface area contributed by atoms with E-state index in [0.29, 0.717) is 0 Å². The third-order valence-corrected chi connectivity index (χ3v) is 5.63. The Labute approximate surface area is 148 Å². The van der Waals surface area contributed by atoms with Crippen molar-refractivity contribution in [2.24, 2.45) is 5.41 Å². The van der Waals surface area contributed by atoms with Gasteiger partial charge >= 0.3 is 0 Å². The summed E-state index contributed by atoms with van der Waals surface area (Å²) in [7, 11) is 0. The maximum absolute atomic E-state index is 12.8. The van der Waals surface area contributed by atoms with Gasteiger partial charge < -0.3 is 9.80 Å². The highest BCUT2D eigenvalue weighted by Gasteiger charge is 2.40. The molecule has 1 aromatic carbocycles. The van der Waals surface area contributed by atoms with Gasteiger partial charge in [-0.25, -0.2) is 9.97 Å². The summed E-state index contributed by atoms with van der Waals surface area (Å²) in [5, 5.41) is 0. The van der Waals surface area contributed by atoms with Crippen LogP contribution in [0.25, 0.3) is 0 Å². The van der Waals surface area contributed by atoms with Gasteiger partial charge in [-0.15, -0.1) is 0 Å². The highest BCUT2D eigenvalue weighted by Crippen LogP contribution is 2.40. The Balaban J connectivity index is 1.42. The predicted octanol–water partition coefficient (Wildman–Crippen LogP) is 3.00. The van der Waals surface area contributed by atoms with Crippen molar-refractivity contribution in [3.63, 3.8) is 0 Å². The molecule has 1 aromatic heterocycles. The van der Waals surface area contributed by atoms with Crippen molar-refractivity contribution in [3.8, 4) is 0 Å². The molecule has 3 heterocycles. The van der Waals surface area contributed by atoms with Gasteiger partial charge in [0, 0.05) is 44.1 Å². The summed E-state index contributed by atoms with van der Waals surface area (Å²) in [6.07, 6.45) is 8.12. The number of nitrogens with zero attached hydrogens (tertiary/aromatic N) is 4. The number of piperidine rings is 2. The maximum atomic E-state index is 12.8. The summed E-state index contributed by atoms with van der Waals surface area (Å²) in [4.78, 5) is 25.9. The molecule has 0 radical (unpaired) electrons. The second-order valence-corrected chi connectivity index (χ2v) is 7.23. The van der Waals surface area contributed by atoms with E-state index in [9.17, 15) is 4.79 Å². The molecular formula is C20H24N4O. The number of hydrogen-bond acceptors (Lipinski definition) is 4. The smallest absolute Gasteiger partial charge is 0.253 e. The van der Waals surface area contributed by atoms with Gasteiger partial charge in [-0.3, -0.25) is 4.79 Å². The molecule has 2 fully saturated rings. The first-order valence-electron chi connectivity index (χ1n) is 9.12. The standard InChI is InChI=1S/C20H24N4O/c25-18(17-6-2-1-3-7-17)24-13-4-8-20(16-24)9-14-23(15-10-20)19-21-11-5-12-22-19/h1-3,5-7,11-12H,4,8-10,13-16H2. The number of rotatable bonds is 2. The molecule has 25 heavy (non-hydrogen) atoms. The first-order chi connectivity index (χ1) is 12.3. The lowest BCUT2D eigenvalue weighted by Crippen LogP contribution is -2.51. The molecule has 0 aliphatic carbocycles. The summed E-state index contributed by atoms with van der Waals surface area (Å²) in [5.41, 5.74) is 1.06. The van der Waals surface area contributed by atoms with Gasteiger partial charge in [-0.05, 0) is 49.3 Å². The molecular weight excluding hydrogens is 312 g/mol. The van der Waals surface area contributed by atoms with Crippen LogP contribution in [0.3, 0.4) is 0 Å². The Kier molecular flexibility index (Phi) is 4.38. The van der Waals surface area contributed by atoms with Gasteiger partial charge in [0.2, 0.25) is 5.95 Å². The van der Waals surface area contributed by atoms with Crippen molar-refractivity contribution in [2.75, 3.05) is 31.1 Å². The molecule has 0 bridgehead atoms. The zero-order chi connectivity index (χ0) is 17.1. The molecule has 1 spiro atoms. The van der Waals surface area contributed by atoms with Crippen LogP contribution in [0.5, 0.6) is 0 Å². The third kappa shape index (κ3) is 3.36. The highest BCUT2D eigenvalue weighted by molar-refractivity contribution is 5.94. The lowest BCUT2D eigenvalue weighted by molar-refractivity contribution is 0.0433. The minimum atomic E-state index is 0.175. The molecule has 2 saturated heterocycles. The predicted molar refractivity (Wildman–Crippen MR) is 97.5 cm³/mol. The molecule has 130 valence electrons. The lowest BCUT2D eigenvalue weighted by atomic mass is 9.72. The minimum absolute atomic E-state index is 0.175. The van der Waals surface area contributed by atoms with Crippen LogP contribution in [0, 0.1) is 5.41 Å². The molecule has 2 aliphatic heterocycles. The molecule has 1 amide bonds. The monoisotopic (exact) mass is 336 g/mol. The van der Waals surface area contributed by atoms with Gasteiger partial charge in [0.15, 0.2) is 0 Å². The average molecular weight is 336 g/mol. The number of aromatic nitrogens is 2. The summed E-state index contributed by atoms with van der Waals surface area (Å²) >= 11 is 0. The van der Waals surface area contributed by atoms with E-state index in [4.69, 9.17) is 0 Å². The molecule has 4 rings (SSSR count). The van der Waals surface area contributed by atoms with Crippen molar-refractivity contribution >= 4 is 11.9 Å². The van der Waals surface area contributed by atoms with E-state index in [-0.39, 0.29) is 11.3 Å². The molecule has 0 saturated carbocycles. The number of benzene rings is 1. The van der Waals surface area contributed by atoms with Gasteiger partial charge in [0.25, 0.3) is 5.91 Å². The van der Waals surface area contributed by atoms with Gasteiger partial charge in [0.05, 0.1) is 0 Å². The lowest BCUT2D eigenvalue weighted by Gasteiger charge is -2.47. The quantitative estimate of drug-likeness (QED) is 0.846. The number of hydrogen-bond donors (Lipinski definition) is 0. The van der Waals surface area contributed by atoms with E-state index in [0.717, 1.165) is 57.0 Å². The van der Waals surface area contributed by atoms with E-state index in [1.807, 2.05) is 36.4 Å². The van der Waals surface area contributed by atoms with E-state index >= 15 is 0 Å². The van der Waals surface area contributed by atoms with Crippen LogP contribution in [0.4, 0.5) is 5.95 Å². The van der Waals surface area contributed by atoms with Crippen LogP contribution in [-0.2, 0) is 0 Å². The van der Waals surface area contributed by atoms with E-state index in [2.05, 4.69) is 19.8 Å². The fourth-order valence-electron chi connectivity index (χ4n) is 4.19. The Morgan fingerprint density at radius 1 is 0.920 bits per heavy atom. The van der Waals surface area contributed by atoms with E-state index in [1.165, 1.54) is 6.42 Å². The SMILES string of the molecule is O=C(c1ccccc1)N1CCCC2(CCN(c3ncccn3)CC2)C1. The van der Waals surface area contributed by atoms with E-state index < -0.39 is 0 Å². The largest absolute Gasteiger partial charge is 0.341 e. The first kappa shape index (κ1) is 16.1. The molecule has 0 unspecified atom stereocenters. The van der Waals surface area contributed by atoms with Gasteiger partial charge in [0.1, 0.15) is 0 Å². The van der Waals surface area contributed by atoms with E-state index in [1.54, 1.807) is 12.4 Å². The maximum Gasteiger partial charge on any atom is 0.253 e.